The molecule has 3 nitrogen and oxygen atoms in total. The molecule has 2 N–H and O–H groups in total. The standard InChI is InChI=1S/C10H12BNO2/c13-11-10-8(6-14-11)2-1-7-5-12-4-3-9(7)10/h1-2,12-13H,3-6H2. The number of nitrogens with one attached hydrogen (secondary N) is 1. The molecule has 2 heterocycles. The number of hydrogen-bond donors (Lipinski definition) is 2. The van der Waals surface area contributed by atoms with Gasteiger partial charge in [0.2, 0.25) is 0 Å². The lowest BCUT2D eigenvalue weighted by molar-refractivity contribution is 0.275. The predicted octanol–water partition coefficient (Wildman–Crippen LogP) is -0.450. The third-order valence-electron chi connectivity index (χ3n) is 3.06. The fourth-order valence-electron chi connectivity index (χ4n) is 2.34. The van der Waals surface area contributed by atoms with Crippen molar-refractivity contribution in [2.24, 2.45) is 0 Å². The highest BCUT2D eigenvalue weighted by Gasteiger charge is 2.31. The van der Waals surface area contributed by atoms with E-state index in [9.17, 15) is 5.02 Å². The summed E-state index contributed by atoms with van der Waals surface area (Å²) in [4.78, 5) is 0. The molecule has 2 aliphatic rings. The van der Waals surface area contributed by atoms with Crippen LogP contribution in [0.25, 0.3) is 0 Å². The molecule has 3 rings (SSSR count). The normalized spacial score (nSPS) is 19.4. The van der Waals surface area contributed by atoms with E-state index in [0.29, 0.717) is 6.61 Å². The average molecular weight is 189 g/mol. The van der Waals surface area contributed by atoms with Crippen molar-refractivity contribution in [3.63, 3.8) is 0 Å². The van der Waals surface area contributed by atoms with Gasteiger partial charge in [-0.15, -0.1) is 0 Å². The van der Waals surface area contributed by atoms with E-state index in [0.717, 1.165) is 30.5 Å². The van der Waals surface area contributed by atoms with Crippen LogP contribution < -0.4 is 10.8 Å². The van der Waals surface area contributed by atoms with Gasteiger partial charge in [-0.25, -0.2) is 0 Å². The van der Waals surface area contributed by atoms with Gasteiger partial charge in [0.05, 0.1) is 6.61 Å². The molecule has 1 aromatic carbocycles. The third-order valence-corrected chi connectivity index (χ3v) is 3.06. The number of hydrogen-bond acceptors (Lipinski definition) is 3. The average Bonchev–Trinajstić information content (AvgIpc) is 2.61. The number of fused-ring (bicyclic) bond motifs is 3. The Morgan fingerprint density at radius 1 is 1.36 bits per heavy atom. The van der Waals surface area contributed by atoms with Crippen LogP contribution in [-0.2, 0) is 24.2 Å². The molecule has 0 fully saturated rings. The summed E-state index contributed by atoms with van der Waals surface area (Å²) in [6.07, 6.45) is 0.999. The lowest BCUT2D eigenvalue weighted by Crippen LogP contribution is -2.36. The lowest BCUT2D eigenvalue weighted by atomic mass is 9.73. The van der Waals surface area contributed by atoms with Crippen molar-refractivity contribution in [2.75, 3.05) is 6.54 Å². The van der Waals surface area contributed by atoms with Crippen molar-refractivity contribution in [1.29, 1.82) is 0 Å². The summed E-state index contributed by atoms with van der Waals surface area (Å²) in [5.74, 6) is 0. The Morgan fingerprint density at radius 3 is 3.14 bits per heavy atom. The molecule has 0 saturated heterocycles. The van der Waals surface area contributed by atoms with Gasteiger partial charge in [0.25, 0.3) is 0 Å². The van der Waals surface area contributed by atoms with E-state index < -0.39 is 7.12 Å². The fraction of sp³-hybridized carbons (Fsp3) is 0.400. The second kappa shape index (κ2) is 3.09. The van der Waals surface area contributed by atoms with Crippen LogP contribution in [0.5, 0.6) is 0 Å². The van der Waals surface area contributed by atoms with Gasteiger partial charge in [-0.2, -0.15) is 0 Å². The van der Waals surface area contributed by atoms with E-state index in [2.05, 4.69) is 17.4 Å². The molecule has 0 amide bonds. The van der Waals surface area contributed by atoms with Crippen LogP contribution in [0.3, 0.4) is 0 Å². The smallest absolute Gasteiger partial charge is 0.423 e. The Labute approximate surface area is 83.2 Å². The van der Waals surface area contributed by atoms with Crippen molar-refractivity contribution in [3.05, 3.63) is 28.8 Å². The van der Waals surface area contributed by atoms with Crippen molar-refractivity contribution in [3.8, 4) is 0 Å². The van der Waals surface area contributed by atoms with Gasteiger partial charge in [0.1, 0.15) is 0 Å². The highest BCUT2D eigenvalue weighted by Crippen LogP contribution is 2.19. The van der Waals surface area contributed by atoms with Crippen LogP contribution in [0, 0.1) is 0 Å². The van der Waals surface area contributed by atoms with E-state index in [4.69, 9.17) is 4.65 Å². The Hall–Kier alpha value is -0.835. The quantitative estimate of drug-likeness (QED) is 0.543. The fourth-order valence-corrected chi connectivity index (χ4v) is 2.34. The van der Waals surface area contributed by atoms with Crippen LogP contribution in [0.1, 0.15) is 16.7 Å². The summed E-state index contributed by atoms with van der Waals surface area (Å²) in [5.41, 5.74) is 4.79. The second-order valence-electron chi connectivity index (χ2n) is 3.87. The number of rotatable bonds is 0. The molecule has 2 aliphatic heterocycles. The van der Waals surface area contributed by atoms with Crippen LogP contribution in [0.15, 0.2) is 12.1 Å². The zero-order valence-corrected chi connectivity index (χ0v) is 7.92. The van der Waals surface area contributed by atoms with Gasteiger partial charge in [0.15, 0.2) is 0 Å². The molecule has 4 heteroatoms. The maximum absolute atomic E-state index is 9.69. The molecule has 0 aliphatic carbocycles. The first-order valence-corrected chi connectivity index (χ1v) is 5.00. The highest BCUT2D eigenvalue weighted by atomic mass is 16.5. The Kier molecular flexibility index (Phi) is 1.87. The Morgan fingerprint density at radius 2 is 2.21 bits per heavy atom. The minimum absolute atomic E-state index is 0.553. The highest BCUT2D eigenvalue weighted by molar-refractivity contribution is 6.62. The summed E-state index contributed by atoms with van der Waals surface area (Å²) in [6, 6.07) is 4.21. The molecule has 0 saturated carbocycles. The van der Waals surface area contributed by atoms with Crippen molar-refractivity contribution in [2.45, 2.75) is 19.6 Å². The summed E-state index contributed by atoms with van der Waals surface area (Å²) in [7, 11) is -0.696. The summed E-state index contributed by atoms with van der Waals surface area (Å²) in [6.45, 7) is 2.46. The van der Waals surface area contributed by atoms with E-state index in [-0.39, 0.29) is 0 Å². The molecule has 0 bridgehead atoms. The summed E-state index contributed by atoms with van der Waals surface area (Å²) < 4.78 is 5.22. The maximum Gasteiger partial charge on any atom is 0.492 e. The minimum atomic E-state index is -0.696. The molecule has 0 aromatic heterocycles. The molecule has 1 aromatic rings. The first-order chi connectivity index (χ1) is 6.86. The molecule has 0 atom stereocenters. The molecule has 72 valence electrons. The molecular formula is C10H12BNO2. The van der Waals surface area contributed by atoms with E-state index in [1.54, 1.807) is 0 Å². The summed E-state index contributed by atoms with van der Waals surface area (Å²) >= 11 is 0. The zero-order valence-electron chi connectivity index (χ0n) is 7.92. The van der Waals surface area contributed by atoms with Gasteiger partial charge >= 0.3 is 7.12 Å². The van der Waals surface area contributed by atoms with Gasteiger partial charge in [-0.3, -0.25) is 0 Å². The van der Waals surface area contributed by atoms with Gasteiger partial charge in [-0.1, -0.05) is 12.1 Å². The van der Waals surface area contributed by atoms with E-state index in [1.807, 2.05) is 0 Å². The zero-order chi connectivity index (χ0) is 9.54. The third kappa shape index (κ3) is 1.12. The van der Waals surface area contributed by atoms with Crippen LogP contribution >= 0.6 is 0 Å². The van der Waals surface area contributed by atoms with Gasteiger partial charge in [0, 0.05) is 6.54 Å². The molecule has 14 heavy (non-hydrogen) atoms. The molecular weight excluding hydrogens is 177 g/mol. The van der Waals surface area contributed by atoms with E-state index >= 15 is 0 Å². The predicted molar refractivity (Wildman–Crippen MR) is 54.2 cm³/mol. The largest absolute Gasteiger partial charge is 0.492 e. The SMILES string of the molecule is OB1OCc2ccc3c(c21)CCNC3. The first-order valence-electron chi connectivity index (χ1n) is 5.00. The Bertz CT molecular complexity index is 381. The minimum Gasteiger partial charge on any atom is -0.423 e. The van der Waals surface area contributed by atoms with Crippen LogP contribution in [-0.4, -0.2) is 18.7 Å². The van der Waals surface area contributed by atoms with Crippen molar-refractivity contribution < 1.29 is 9.68 Å². The van der Waals surface area contributed by atoms with Gasteiger partial charge < -0.3 is 15.0 Å². The monoisotopic (exact) mass is 189 g/mol. The summed E-state index contributed by atoms with van der Waals surface area (Å²) in [5, 5.41) is 13.0. The Balaban J connectivity index is 2.18. The number of benzene rings is 1. The van der Waals surface area contributed by atoms with Crippen LogP contribution in [0.4, 0.5) is 0 Å². The lowest BCUT2D eigenvalue weighted by Gasteiger charge is -2.20. The van der Waals surface area contributed by atoms with Crippen LogP contribution in [0.2, 0.25) is 0 Å². The molecule has 0 unspecified atom stereocenters. The van der Waals surface area contributed by atoms with Gasteiger partial charge in [-0.05, 0) is 35.1 Å². The van der Waals surface area contributed by atoms with Crippen molar-refractivity contribution >= 4 is 12.6 Å². The first kappa shape index (κ1) is 8.47. The topological polar surface area (TPSA) is 41.5 Å². The second-order valence-corrected chi connectivity index (χ2v) is 3.87. The van der Waals surface area contributed by atoms with Crippen molar-refractivity contribution in [1.82, 2.24) is 5.32 Å². The molecule has 0 radical (unpaired) electrons. The van der Waals surface area contributed by atoms with E-state index in [1.165, 1.54) is 11.1 Å². The maximum atomic E-state index is 9.69. The molecule has 0 spiro atoms.